The molecule has 10 heteroatoms. The molecule has 0 atom stereocenters. The summed E-state index contributed by atoms with van der Waals surface area (Å²) in [6.45, 7) is 0. The van der Waals surface area contributed by atoms with Gasteiger partial charge in [0.1, 0.15) is 10.7 Å². The number of nitrogen functional groups attached to an aromatic ring is 1. The van der Waals surface area contributed by atoms with Gasteiger partial charge in [0.2, 0.25) is 5.78 Å². The molecule has 0 spiro atoms. The molecule has 3 aromatic rings. The summed E-state index contributed by atoms with van der Waals surface area (Å²) >= 11 is 13.2. The second-order valence-corrected chi connectivity index (χ2v) is 9.41. The van der Waals surface area contributed by atoms with E-state index in [1.54, 1.807) is 30.3 Å². The number of thiazole rings is 1. The molecule has 27 heavy (non-hydrogen) atoms. The van der Waals surface area contributed by atoms with E-state index in [4.69, 9.17) is 28.9 Å². The Kier molecular flexibility index (Phi) is 5.43. The first-order chi connectivity index (χ1) is 12.7. The van der Waals surface area contributed by atoms with E-state index in [2.05, 4.69) is 10.3 Å². The molecule has 1 heterocycles. The normalized spacial score (nSPS) is 11.4. The topological polar surface area (TPSA) is 102 Å². The summed E-state index contributed by atoms with van der Waals surface area (Å²) in [5.41, 5.74) is 6.66. The van der Waals surface area contributed by atoms with Gasteiger partial charge in [-0.05, 0) is 36.4 Å². The molecular formula is C17H13Cl2N3O3S2. The van der Waals surface area contributed by atoms with Gasteiger partial charge in [0.15, 0.2) is 15.0 Å². The van der Waals surface area contributed by atoms with E-state index in [0.29, 0.717) is 10.8 Å². The number of hydrogen-bond acceptors (Lipinski definition) is 7. The minimum absolute atomic E-state index is 0.0521. The highest BCUT2D eigenvalue weighted by atomic mass is 35.5. The molecule has 0 bridgehead atoms. The second-order valence-electron chi connectivity index (χ2n) is 5.58. The maximum atomic E-state index is 12.8. The summed E-state index contributed by atoms with van der Waals surface area (Å²) < 4.78 is 23.0. The average Bonchev–Trinajstić information content (AvgIpc) is 2.94. The molecule has 0 unspecified atom stereocenters. The van der Waals surface area contributed by atoms with Crippen molar-refractivity contribution in [1.29, 1.82) is 0 Å². The van der Waals surface area contributed by atoms with Gasteiger partial charge in [0, 0.05) is 11.9 Å². The van der Waals surface area contributed by atoms with Crippen LogP contribution in [0, 0.1) is 0 Å². The Balaban J connectivity index is 1.88. The van der Waals surface area contributed by atoms with Crippen LogP contribution in [-0.2, 0) is 9.84 Å². The fourth-order valence-electron chi connectivity index (χ4n) is 2.29. The summed E-state index contributed by atoms with van der Waals surface area (Å²) in [5, 5.41) is 3.83. The van der Waals surface area contributed by atoms with Crippen molar-refractivity contribution in [3.63, 3.8) is 0 Å². The number of sulfone groups is 1. The summed E-state index contributed by atoms with van der Waals surface area (Å²) in [6, 6.07) is 10.9. The number of halogens is 2. The number of rotatable bonds is 5. The molecule has 0 aliphatic carbocycles. The smallest absolute Gasteiger partial charge is 0.209 e. The molecule has 0 amide bonds. The van der Waals surface area contributed by atoms with Crippen LogP contribution >= 0.6 is 34.5 Å². The number of nitrogens with one attached hydrogen (secondary N) is 1. The van der Waals surface area contributed by atoms with E-state index in [-0.39, 0.29) is 31.2 Å². The summed E-state index contributed by atoms with van der Waals surface area (Å²) in [4.78, 5) is 17.3. The second kappa shape index (κ2) is 7.47. The van der Waals surface area contributed by atoms with Gasteiger partial charge in [-0.2, -0.15) is 0 Å². The number of anilines is 3. The minimum Gasteiger partial charge on any atom is -0.382 e. The molecular weight excluding hydrogens is 429 g/mol. The van der Waals surface area contributed by atoms with E-state index < -0.39 is 15.6 Å². The van der Waals surface area contributed by atoms with Crippen LogP contribution in [0.3, 0.4) is 0 Å². The zero-order chi connectivity index (χ0) is 19.8. The SMILES string of the molecule is CS(=O)(=O)c1ccc(Nc2nc(N)c(C(=O)c3c(Cl)cccc3Cl)s2)cc1. The lowest BCUT2D eigenvalue weighted by atomic mass is 10.1. The van der Waals surface area contributed by atoms with Gasteiger partial charge in [-0.15, -0.1) is 0 Å². The van der Waals surface area contributed by atoms with Gasteiger partial charge in [-0.1, -0.05) is 40.6 Å². The van der Waals surface area contributed by atoms with E-state index in [0.717, 1.165) is 17.6 Å². The number of nitrogens with zero attached hydrogens (tertiary/aromatic N) is 1. The number of hydrogen-bond donors (Lipinski definition) is 2. The largest absolute Gasteiger partial charge is 0.382 e. The summed E-state index contributed by atoms with van der Waals surface area (Å²) in [5.74, 6) is -0.364. The first-order valence-corrected chi connectivity index (χ1v) is 11.0. The molecule has 0 saturated heterocycles. The molecule has 6 nitrogen and oxygen atoms in total. The molecule has 3 N–H and O–H groups in total. The molecule has 0 saturated carbocycles. The Morgan fingerprint density at radius 2 is 1.70 bits per heavy atom. The van der Waals surface area contributed by atoms with E-state index in [9.17, 15) is 13.2 Å². The Labute approximate surface area is 169 Å². The Hall–Kier alpha value is -2.13. The number of carbonyl (C=O) groups excluding carboxylic acids is 1. The first kappa shape index (κ1) is 19.6. The molecule has 0 radical (unpaired) electrons. The summed E-state index contributed by atoms with van der Waals surface area (Å²) in [6.07, 6.45) is 1.13. The maximum absolute atomic E-state index is 12.8. The predicted molar refractivity (Wildman–Crippen MR) is 109 cm³/mol. The highest BCUT2D eigenvalue weighted by Gasteiger charge is 2.22. The van der Waals surface area contributed by atoms with Gasteiger partial charge in [-0.25, -0.2) is 13.4 Å². The van der Waals surface area contributed by atoms with E-state index in [1.807, 2.05) is 0 Å². The fourth-order valence-corrected chi connectivity index (χ4v) is 4.34. The number of aromatic nitrogens is 1. The Morgan fingerprint density at radius 3 is 2.26 bits per heavy atom. The fraction of sp³-hybridized carbons (Fsp3) is 0.0588. The third-order valence-electron chi connectivity index (χ3n) is 3.58. The lowest BCUT2D eigenvalue weighted by Crippen LogP contribution is -2.04. The van der Waals surface area contributed by atoms with Crippen molar-refractivity contribution in [3.8, 4) is 0 Å². The highest BCUT2D eigenvalue weighted by Crippen LogP contribution is 2.34. The molecule has 0 aliphatic heterocycles. The van der Waals surface area contributed by atoms with Gasteiger partial charge in [0.25, 0.3) is 0 Å². The minimum atomic E-state index is -3.28. The lowest BCUT2D eigenvalue weighted by molar-refractivity contribution is 0.104. The number of carbonyl (C=O) groups is 1. The van der Waals surface area contributed by atoms with Crippen LogP contribution in [0.4, 0.5) is 16.6 Å². The number of benzene rings is 2. The van der Waals surface area contributed by atoms with Gasteiger partial charge in [0.05, 0.1) is 20.5 Å². The van der Waals surface area contributed by atoms with Crippen LogP contribution in [0.2, 0.25) is 10.0 Å². The maximum Gasteiger partial charge on any atom is 0.209 e. The van der Waals surface area contributed by atoms with Crippen molar-refractivity contribution in [2.45, 2.75) is 4.90 Å². The van der Waals surface area contributed by atoms with Crippen molar-refractivity contribution >= 4 is 66.8 Å². The van der Waals surface area contributed by atoms with Crippen LogP contribution in [0.15, 0.2) is 47.4 Å². The molecule has 2 aromatic carbocycles. The third kappa shape index (κ3) is 4.24. The zero-order valence-corrected chi connectivity index (χ0v) is 17.0. The van der Waals surface area contributed by atoms with Crippen LogP contribution in [0.1, 0.15) is 15.2 Å². The van der Waals surface area contributed by atoms with Gasteiger partial charge >= 0.3 is 0 Å². The molecule has 3 rings (SSSR count). The van der Waals surface area contributed by atoms with E-state index in [1.165, 1.54) is 12.1 Å². The van der Waals surface area contributed by atoms with Crippen molar-refractivity contribution in [1.82, 2.24) is 4.98 Å². The van der Waals surface area contributed by atoms with Crippen LogP contribution in [0.25, 0.3) is 0 Å². The van der Waals surface area contributed by atoms with Crippen molar-refractivity contribution < 1.29 is 13.2 Å². The zero-order valence-electron chi connectivity index (χ0n) is 13.9. The predicted octanol–water partition coefficient (Wildman–Crippen LogP) is 4.41. The standard InChI is InChI=1S/C17H13Cl2N3O3S2/c1-27(24,25)10-7-5-9(6-8-10)21-17-22-16(20)15(26-17)14(23)13-11(18)3-2-4-12(13)19/h2-8H,20H2,1H3,(H,21,22). The van der Waals surface area contributed by atoms with E-state index >= 15 is 0 Å². The van der Waals surface area contributed by atoms with Crippen molar-refractivity contribution in [3.05, 3.63) is 63.0 Å². The summed E-state index contributed by atoms with van der Waals surface area (Å²) in [7, 11) is -3.28. The molecule has 140 valence electrons. The van der Waals surface area contributed by atoms with Gasteiger partial charge in [-0.3, -0.25) is 4.79 Å². The average molecular weight is 442 g/mol. The monoisotopic (exact) mass is 441 g/mol. The number of nitrogens with two attached hydrogens (primary N) is 1. The first-order valence-electron chi connectivity index (χ1n) is 7.49. The quantitative estimate of drug-likeness (QED) is 0.568. The number of ketones is 1. The Bertz CT molecular complexity index is 1110. The Morgan fingerprint density at radius 1 is 1.11 bits per heavy atom. The molecule has 0 aliphatic rings. The third-order valence-corrected chi connectivity index (χ3v) is 6.33. The van der Waals surface area contributed by atoms with Crippen LogP contribution < -0.4 is 11.1 Å². The van der Waals surface area contributed by atoms with Gasteiger partial charge < -0.3 is 11.1 Å². The van der Waals surface area contributed by atoms with Crippen LogP contribution in [-0.4, -0.2) is 25.4 Å². The molecule has 0 fully saturated rings. The highest BCUT2D eigenvalue weighted by molar-refractivity contribution is 7.90. The lowest BCUT2D eigenvalue weighted by Gasteiger charge is -2.04. The van der Waals surface area contributed by atoms with Crippen molar-refractivity contribution in [2.75, 3.05) is 17.3 Å². The molecule has 1 aromatic heterocycles. The van der Waals surface area contributed by atoms with Crippen LogP contribution in [0.5, 0.6) is 0 Å². The van der Waals surface area contributed by atoms with Crippen molar-refractivity contribution in [2.24, 2.45) is 0 Å².